The first kappa shape index (κ1) is 11.2. The summed E-state index contributed by atoms with van der Waals surface area (Å²) in [6.45, 7) is 0. The van der Waals surface area contributed by atoms with E-state index in [-0.39, 0.29) is 5.56 Å². The van der Waals surface area contributed by atoms with Gasteiger partial charge in [0.1, 0.15) is 0 Å². The van der Waals surface area contributed by atoms with E-state index in [0.717, 1.165) is 22.4 Å². The Balaban J connectivity index is 2.19. The number of nitrogens with two attached hydrogens (primary N) is 1. The topological polar surface area (TPSA) is 100 Å². The summed E-state index contributed by atoms with van der Waals surface area (Å²) in [5.74, 6) is 0.397. The standard InChI is InChI=1S/C13H11N5O/c14-13-11(8-2-1-5-15-6-8)12(17-18-13)9-3-4-10(19)16-7-9/h1-7H,(H,16,19)(H3,14,17,18). The highest BCUT2D eigenvalue weighted by Gasteiger charge is 2.14. The highest BCUT2D eigenvalue weighted by atomic mass is 16.1. The average molecular weight is 253 g/mol. The summed E-state index contributed by atoms with van der Waals surface area (Å²) in [4.78, 5) is 17.8. The molecule has 3 aromatic heterocycles. The van der Waals surface area contributed by atoms with Crippen molar-refractivity contribution in [2.45, 2.75) is 0 Å². The second-order valence-electron chi connectivity index (χ2n) is 4.04. The highest BCUT2D eigenvalue weighted by Crippen LogP contribution is 2.33. The van der Waals surface area contributed by atoms with Gasteiger partial charge in [0.15, 0.2) is 5.82 Å². The molecular weight excluding hydrogens is 242 g/mol. The van der Waals surface area contributed by atoms with Crippen molar-refractivity contribution < 1.29 is 0 Å². The van der Waals surface area contributed by atoms with Gasteiger partial charge in [-0.2, -0.15) is 5.10 Å². The van der Waals surface area contributed by atoms with Crippen molar-refractivity contribution in [1.29, 1.82) is 0 Å². The van der Waals surface area contributed by atoms with Crippen molar-refractivity contribution in [2.24, 2.45) is 0 Å². The van der Waals surface area contributed by atoms with E-state index in [0.29, 0.717) is 5.82 Å². The Morgan fingerprint density at radius 2 is 2.05 bits per heavy atom. The van der Waals surface area contributed by atoms with Gasteiger partial charge in [-0.1, -0.05) is 6.07 Å². The zero-order chi connectivity index (χ0) is 13.2. The van der Waals surface area contributed by atoms with Gasteiger partial charge in [-0.25, -0.2) is 0 Å². The number of aromatic amines is 2. The van der Waals surface area contributed by atoms with Gasteiger partial charge in [-0.15, -0.1) is 0 Å². The van der Waals surface area contributed by atoms with E-state index < -0.39 is 0 Å². The number of aromatic nitrogens is 4. The van der Waals surface area contributed by atoms with Gasteiger partial charge < -0.3 is 10.7 Å². The van der Waals surface area contributed by atoms with Crippen molar-refractivity contribution in [3.8, 4) is 22.4 Å². The maximum absolute atomic E-state index is 11.1. The molecule has 0 unspecified atom stereocenters. The first-order valence-corrected chi connectivity index (χ1v) is 5.69. The maximum atomic E-state index is 11.1. The monoisotopic (exact) mass is 253 g/mol. The lowest BCUT2D eigenvalue weighted by Crippen LogP contribution is -2.01. The van der Waals surface area contributed by atoms with Crippen LogP contribution in [0.4, 0.5) is 5.82 Å². The zero-order valence-corrected chi connectivity index (χ0v) is 9.92. The molecule has 6 nitrogen and oxygen atoms in total. The van der Waals surface area contributed by atoms with Crippen molar-refractivity contribution >= 4 is 5.82 Å². The van der Waals surface area contributed by atoms with E-state index in [2.05, 4.69) is 20.2 Å². The molecule has 0 fully saturated rings. The van der Waals surface area contributed by atoms with Crippen molar-refractivity contribution in [1.82, 2.24) is 20.2 Å². The van der Waals surface area contributed by atoms with Crippen molar-refractivity contribution in [3.63, 3.8) is 0 Å². The lowest BCUT2D eigenvalue weighted by Gasteiger charge is -2.03. The van der Waals surface area contributed by atoms with Crippen LogP contribution in [0.25, 0.3) is 22.4 Å². The first-order valence-electron chi connectivity index (χ1n) is 5.69. The van der Waals surface area contributed by atoms with E-state index in [4.69, 9.17) is 5.73 Å². The number of nitrogens with zero attached hydrogens (tertiary/aromatic N) is 2. The molecule has 0 amide bonds. The molecule has 0 saturated heterocycles. The van der Waals surface area contributed by atoms with Gasteiger partial charge in [0.05, 0.1) is 11.3 Å². The lowest BCUT2D eigenvalue weighted by atomic mass is 10.0. The van der Waals surface area contributed by atoms with Crippen LogP contribution < -0.4 is 11.3 Å². The molecule has 94 valence electrons. The smallest absolute Gasteiger partial charge is 0.247 e. The third kappa shape index (κ3) is 1.99. The van der Waals surface area contributed by atoms with Gasteiger partial charge in [0.2, 0.25) is 5.56 Å². The lowest BCUT2D eigenvalue weighted by molar-refractivity contribution is 1.10. The molecule has 0 radical (unpaired) electrons. The predicted molar refractivity (Wildman–Crippen MR) is 72.3 cm³/mol. The van der Waals surface area contributed by atoms with Gasteiger partial charge in [-0.05, 0) is 12.1 Å². The minimum Gasteiger partial charge on any atom is -0.382 e. The Hall–Kier alpha value is -2.89. The van der Waals surface area contributed by atoms with Crippen LogP contribution >= 0.6 is 0 Å². The summed E-state index contributed by atoms with van der Waals surface area (Å²) in [5, 5.41) is 6.91. The second kappa shape index (κ2) is 4.41. The normalized spacial score (nSPS) is 10.5. The zero-order valence-electron chi connectivity index (χ0n) is 9.92. The maximum Gasteiger partial charge on any atom is 0.247 e. The molecule has 0 aliphatic heterocycles. The van der Waals surface area contributed by atoms with Crippen molar-refractivity contribution in [2.75, 3.05) is 5.73 Å². The summed E-state index contributed by atoms with van der Waals surface area (Å²) in [5.41, 5.74) is 8.95. The molecule has 19 heavy (non-hydrogen) atoms. The number of hydrogen-bond acceptors (Lipinski definition) is 4. The summed E-state index contributed by atoms with van der Waals surface area (Å²) >= 11 is 0. The molecule has 0 bridgehead atoms. The van der Waals surface area contributed by atoms with Gasteiger partial charge >= 0.3 is 0 Å². The third-order valence-corrected chi connectivity index (χ3v) is 2.82. The fourth-order valence-electron chi connectivity index (χ4n) is 1.93. The number of anilines is 1. The van der Waals surface area contributed by atoms with E-state index >= 15 is 0 Å². The summed E-state index contributed by atoms with van der Waals surface area (Å²) < 4.78 is 0. The van der Waals surface area contributed by atoms with Crippen LogP contribution in [0.5, 0.6) is 0 Å². The molecule has 4 N–H and O–H groups in total. The number of nitrogen functional groups attached to an aromatic ring is 1. The molecule has 0 aromatic carbocycles. The number of rotatable bonds is 2. The highest BCUT2D eigenvalue weighted by molar-refractivity contribution is 5.87. The molecule has 0 aliphatic carbocycles. The van der Waals surface area contributed by atoms with Crippen LogP contribution in [0.2, 0.25) is 0 Å². The largest absolute Gasteiger partial charge is 0.382 e. The van der Waals surface area contributed by atoms with Crippen LogP contribution in [-0.4, -0.2) is 20.2 Å². The SMILES string of the molecule is Nc1n[nH]c(-c2ccc(=O)[nH]c2)c1-c1cccnc1. The Morgan fingerprint density at radius 3 is 2.74 bits per heavy atom. The number of H-pyrrole nitrogens is 2. The second-order valence-corrected chi connectivity index (χ2v) is 4.04. The number of hydrogen-bond donors (Lipinski definition) is 3. The quantitative estimate of drug-likeness (QED) is 0.642. The number of nitrogens with one attached hydrogen (secondary N) is 2. The summed E-state index contributed by atoms with van der Waals surface area (Å²) in [6, 6.07) is 6.91. The molecular formula is C13H11N5O. The summed E-state index contributed by atoms with van der Waals surface area (Å²) in [6.07, 6.45) is 5.03. The Morgan fingerprint density at radius 1 is 1.16 bits per heavy atom. The van der Waals surface area contributed by atoms with Crippen molar-refractivity contribution in [3.05, 3.63) is 53.2 Å². The van der Waals surface area contributed by atoms with Crippen LogP contribution in [0.15, 0.2) is 47.7 Å². The molecule has 0 aliphatic rings. The minimum atomic E-state index is -0.154. The Kier molecular flexibility index (Phi) is 2.60. The van der Waals surface area contributed by atoms with Crippen LogP contribution in [0.3, 0.4) is 0 Å². The molecule has 0 atom stereocenters. The fraction of sp³-hybridized carbons (Fsp3) is 0. The van der Waals surface area contributed by atoms with Crippen LogP contribution in [-0.2, 0) is 0 Å². The molecule has 6 heteroatoms. The predicted octanol–water partition coefficient (Wildman–Crippen LogP) is 1.41. The van der Waals surface area contributed by atoms with E-state index in [1.165, 1.54) is 6.07 Å². The molecule has 3 rings (SSSR count). The van der Waals surface area contributed by atoms with Gasteiger partial charge in [0.25, 0.3) is 0 Å². The molecule has 0 saturated carbocycles. The molecule has 3 heterocycles. The van der Waals surface area contributed by atoms with Gasteiger partial charge in [-0.3, -0.25) is 14.9 Å². The molecule has 0 spiro atoms. The van der Waals surface area contributed by atoms with Gasteiger partial charge in [0, 0.05) is 35.8 Å². The summed E-state index contributed by atoms with van der Waals surface area (Å²) in [7, 11) is 0. The minimum absolute atomic E-state index is 0.154. The third-order valence-electron chi connectivity index (χ3n) is 2.82. The van der Waals surface area contributed by atoms with Crippen LogP contribution in [0, 0.1) is 0 Å². The average Bonchev–Trinajstić information content (AvgIpc) is 2.82. The number of pyridine rings is 2. The Bertz CT molecular complexity index is 740. The fourth-order valence-corrected chi connectivity index (χ4v) is 1.93. The van der Waals surface area contributed by atoms with Crippen LogP contribution in [0.1, 0.15) is 0 Å². The first-order chi connectivity index (χ1) is 9.25. The Labute approximate surface area is 108 Å². The van der Waals surface area contributed by atoms with E-state index in [1.807, 2.05) is 12.1 Å². The van der Waals surface area contributed by atoms with E-state index in [1.54, 1.807) is 24.7 Å². The molecule has 3 aromatic rings. The van der Waals surface area contributed by atoms with E-state index in [9.17, 15) is 4.79 Å².